The summed E-state index contributed by atoms with van der Waals surface area (Å²) in [5.41, 5.74) is 10.9. The third-order valence-electron chi connectivity index (χ3n) is 9.14. The summed E-state index contributed by atoms with van der Waals surface area (Å²) < 4.78 is 1.47. The molecule has 5 nitrogen and oxygen atoms in total. The zero-order valence-corrected chi connectivity index (χ0v) is 29.3. The van der Waals surface area contributed by atoms with E-state index in [0.717, 1.165) is 28.6 Å². The van der Waals surface area contributed by atoms with Crippen LogP contribution in [-0.2, 0) is 25.9 Å². The number of nitrogens with zero attached hydrogens (tertiary/aromatic N) is 2. The fraction of sp³-hybridized carbons (Fsp3) is 0.256. The predicted molar refractivity (Wildman–Crippen MR) is 201 cm³/mol. The van der Waals surface area contributed by atoms with Crippen molar-refractivity contribution in [2.24, 2.45) is 0 Å². The van der Waals surface area contributed by atoms with Crippen molar-refractivity contribution in [3.8, 4) is 11.1 Å². The number of hydrogen-bond donors (Lipinski definition) is 1. The second-order valence-corrected chi connectivity index (χ2v) is 14.1. The van der Waals surface area contributed by atoms with Crippen LogP contribution in [0.25, 0.3) is 11.1 Å². The molecule has 5 rings (SSSR count). The number of Topliss-reactive ketones (excluding diaryl/α,β-unsaturated/α-hetero) is 1. The van der Waals surface area contributed by atoms with E-state index in [-0.39, 0.29) is 11.7 Å². The molecule has 5 aromatic carbocycles. The summed E-state index contributed by atoms with van der Waals surface area (Å²) in [6.45, 7) is 3.48. The minimum atomic E-state index is -0.156. The van der Waals surface area contributed by atoms with E-state index in [9.17, 15) is 9.59 Å². The quantitative estimate of drug-likeness (QED) is 0.104. The standard InChI is InChI=1S/C43H48N3O2/c1-7-32-8-17-36(18-9-32)37-19-10-35(11-20-37)31-46(5,6)41-27-14-34(15-28-41)30-44-43(48)39-23-21-38(22-24-39)42(47)29-16-33-12-25-40(26-13-33)45(2,3)4/h8-15,17-28H,7,16,29-31H2,1-6H3/q+1/p+1. The number of carbonyl (C=O) groups excluding carboxylic acids is 2. The fourth-order valence-electron chi connectivity index (χ4n) is 5.90. The third kappa shape index (κ3) is 8.94. The molecule has 0 aliphatic heterocycles. The summed E-state index contributed by atoms with van der Waals surface area (Å²) in [5.74, 6) is -0.0787. The molecule has 0 spiro atoms. The molecular weight excluding hydrogens is 590 g/mol. The first-order chi connectivity index (χ1) is 22.9. The number of rotatable bonds is 13. The van der Waals surface area contributed by atoms with Crippen LogP contribution in [0, 0.1) is 0 Å². The molecule has 5 heteroatoms. The Balaban J connectivity index is 1.10. The smallest absolute Gasteiger partial charge is 0.251 e. The maximum absolute atomic E-state index is 12.9. The van der Waals surface area contributed by atoms with E-state index in [2.05, 4.69) is 145 Å². The van der Waals surface area contributed by atoms with E-state index < -0.39 is 0 Å². The van der Waals surface area contributed by atoms with E-state index >= 15 is 0 Å². The Morgan fingerprint density at radius 3 is 1.56 bits per heavy atom. The minimum Gasteiger partial charge on any atom is -0.348 e. The van der Waals surface area contributed by atoms with Gasteiger partial charge in [-0.15, -0.1) is 0 Å². The highest BCUT2D eigenvalue weighted by molar-refractivity contribution is 5.98. The number of ketones is 1. The Morgan fingerprint density at radius 2 is 1.02 bits per heavy atom. The van der Waals surface area contributed by atoms with E-state index in [4.69, 9.17) is 0 Å². The molecule has 246 valence electrons. The average Bonchev–Trinajstić information content (AvgIpc) is 3.10. The van der Waals surface area contributed by atoms with Crippen LogP contribution in [0.5, 0.6) is 0 Å². The molecule has 1 amide bonds. The summed E-state index contributed by atoms with van der Waals surface area (Å²) >= 11 is 0. The predicted octanol–water partition coefficient (Wildman–Crippen LogP) is 8.63. The van der Waals surface area contributed by atoms with Gasteiger partial charge in [-0.3, -0.25) is 18.6 Å². The van der Waals surface area contributed by atoms with Crippen molar-refractivity contribution in [3.05, 3.63) is 155 Å². The van der Waals surface area contributed by atoms with Crippen LogP contribution in [0.2, 0.25) is 0 Å². The lowest BCUT2D eigenvalue weighted by atomic mass is 10.0. The SMILES string of the molecule is CCc1ccc(-c2ccc(C[N+](C)(C)c3ccc(CNC(=O)c4ccc(C(=O)CCc5ccc([N+](C)(C)C)cc5)cc4)cc3)cc2)cc1. The van der Waals surface area contributed by atoms with Gasteiger partial charge in [0.25, 0.3) is 5.91 Å². The zero-order chi connectivity index (χ0) is 34.3. The molecule has 0 radical (unpaired) electrons. The Hall–Kier alpha value is -4.84. The number of benzene rings is 5. The van der Waals surface area contributed by atoms with Gasteiger partial charge < -0.3 is 5.32 Å². The number of hydrogen-bond acceptors (Lipinski definition) is 2. The average molecular weight is 640 g/mol. The summed E-state index contributed by atoms with van der Waals surface area (Å²) in [7, 11) is 10.8. The van der Waals surface area contributed by atoms with E-state index in [0.29, 0.717) is 35.0 Å². The molecule has 0 aliphatic carbocycles. The second-order valence-electron chi connectivity index (χ2n) is 14.1. The van der Waals surface area contributed by atoms with Crippen LogP contribution < -0.4 is 14.3 Å². The van der Waals surface area contributed by atoms with Crippen molar-refractivity contribution in [1.82, 2.24) is 14.3 Å². The van der Waals surface area contributed by atoms with Crippen molar-refractivity contribution in [1.29, 1.82) is 0 Å². The summed E-state index contributed by atoms with van der Waals surface area (Å²) in [5, 5.41) is 3.02. The van der Waals surface area contributed by atoms with Gasteiger partial charge in [-0.25, -0.2) is 0 Å². The molecule has 48 heavy (non-hydrogen) atoms. The van der Waals surface area contributed by atoms with Crippen LogP contribution in [0.1, 0.15) is 56.3 Å². The Kier molecular flexibility index (Phi) is 10.7. The first-order valence-electron chi connectivity index (χ1n) is 16.8. The summed E-state index contributed by atoms with van der Waals surface area (Å²) in [4.78, 5) is 25.7. The van der Waals surface area contributed by atoms with E-state index in [1.807, 2.05) is 0 Å². The number of nitrogens with one attached hydrogen (secondary N) is 1. The lowest BCUT2D eigenvalue weighted by Gasteiger charge is -2.29. The van der Waals surface area contributed by atoms with Gasteiger partial charge in [0, 0.05) is 29.7 Å². The monoisotopic (exact) mass is 639 g/mol. The third-order valence-corrected chi connectivity index (χ3v) is 9.14. The molecule has 0 saturated heterocycles. The molecule has 5 aromatic rings. The molecular formula is C43H49N3O2+2. The molecule has 0 heterocycles. The number of amides is 1. The Bertz CT molecular complexity index is 1810. The number of carbonyl (C=O) groups is 2. The second kappa shape index (κ2) is 14.9. The summed E-state index contributed by atoms with van der Waals surface area (Å²) in [6, 6.07) is 41.5. The molecule has 0 unspecified atom stereocenters. The molecule has 0 atom stereocenters. The maximum Gasteiger partial charge on any atom is 0.251 e. The Morgan fingerprint density at radius 1 is 0.542 bits per heavy atom. The number of quaternary nitrogens is 2. The lowest BCUT2D eigenvalue weighted by Crippen LogP contribution is -2.39. The molecule has 0 aliphatic rings. The van der Waals surface area contributed by atoms with E-state index in [1.165, 1.54) is 33.6 Å². The highest BCUT2D eigenvalue weighted by atomic mass is 16.1. The molecule has 1 N–H and O–H groups in total. The van der Waals surface area contributed by atoms with Crippen LogP contribution in [0.15, 0.2) is 121 Å². The van der Waals surface area contributed by atoms with Gasteiger partial charge >= 0.3 is 0 Å². The van der Waals surface area contributed by atoms with Gasteiger partial charge in [0.1, 0.15) is 17.9 Å². The zero-order valence-electron chi connectivity index (χ0n) is 29.3. The molecule has 0 bridgehead atoms. The molecule has 0 aromatic heterocycles. The topological polar surface area (TPSA) is 46.2 Å². The van der Waals surface area contributed by atoms with Gasteiger partial charge in [-0.2, -0.15) is 0 Å². The first-order valence-corrected chi connectivity index (χ1v) is 16.8. The normalized spacial score (nSPS) is 11.7. The van der Waals surface area contributed by atoms with Gasteiger partial charge in [-0.05, 0) is 77.1 Å². The van der Waals surface area contributed by atoms with Gasteiger partial charge in [-0.1, -0.05) is 91.9 Å². The fourth-order valence-corrected chi connectivity index (χ4v) is 5.90. The van der Waals surface area contributed by atoms with Gasteiger partial charge in [0.2, 0.25) is 0 Å². The summed E-state index contributed by atoms with van der Waals surface area (Å²) in [6.07, 6.45) is 2.17. The van der Waals surface area contributed by atoms with Gasteiger partial charge in [0.15, 0.2) is 5.78 Å². The number of aryl methyl sites for hydroxylation is 2. The molecule has 0 fully saturated rings. The van der Waals surface area contributed by atoms with Crippen LogP contribution in [0.3, 0.4) is 0 Å². The van der Waals surface area contributed by atoms with E-state index in [1.54, 1.807) is 24.3 Å². The van der Waals surface area contributed by atoms with Crippen molar-refractivity contribution in [3.63, 3.8) is 0 Å². The maximum atomic E-state index is 12.9. The van der Waals surface area contributed by atoms with Crippen molar-refractivity contribution in [2.45, 2.75) is 39.3 Å². The van der Waals surface area contributed by atoms with Crippen molar-refractivity contribution < 1.29 is 9.59 Å². The highest BCUT2D eigenvalue weighted by Crippen LogP contribution is 2.26. The van der Waals surface area contributed by atoms with Gasteiger partial charge in [0.05, 0.1) is 35.2 Å². The van der Waals surface area contributed by atoms with Crippen molar-refractivity contribution in [2.75, 3.05) is 35.2 Å². The highest BCUT2D eigenvalue weighted by Gasteiger charge is 2.20. The molecule has 0 saturated carbocycles. The first kappa shape index (κ1) is 34.5. The van der Waals surface area contributed by atoms with Crippen LogP contribution >= 0.6 is 0 Å². The van der Waals surface area contributed by atoms with Crippen LogP contribution in [-0.4, -0.2) is 46.9 Å². The van der Waals surface area contributed by atoms with Crippen LogP contribution in [0.4, 0.5) is 11.4 Å². The minimum absolute atomic E-state index is 0.0775. The lowest BCUT2D eigenvalue weighted by molar-refractivity contribution is 0.0947. The van der Waals surface area contributed by atoms with Crippen molar-refractivity contribution >= 4 is 23.1 Å². The largest absolute Gasteiger partial charge is 0.348 e. The Labute approximate surface area is 286 Å².